The first kappa shape index (κ1) is 11.9. The summed E-state index contributed by atoms with van der Waals surface area (Å²) in [6, 6.07) is 10.5. The fraction of sp³-hybridized carbons (Fsp3) is 0.462. The summed E-state index contributed by atoms with van der Waals surface area (Å²) < 4.78 is 0. The molecule has 86 valence electrons. The van der Waals surface area contributed by atoms with Crippen molar-refractivity contribution in [3.63, 3.8) is 0 Å². The van der Waals surface area contributed by atoms with Crippen LogP contribution < -0.4 is 0 Å². The van der Waals surface area contributed by atoms with Gasteiger partial charge in [-0.05, 0) is 5.56 Å². The SMILES string of the molecule is C[Si](C)(C)SC1CC1=NCc1ccccc1. The molecule has 1 fully saturated rings. The highest BCUT2D eigenvalue weighted by atomic mass is 32.4. The smallest absolute Gasteiger partial charge is 0.109 e. The van der Waals surface area contributed by atoms with Crippen molar-refractivity contribution in [2.75, 3.05) is 0 Å². The first-order chi connectivity index (χ1) is 7.54. The lowest BCUT2D eigenvalue weighted by molar-refractivity contribution is 1.07. The lowest BCUT2D eigenvalue weighted by atomic mass is 10.2. The van der Waals surface area contributed by atoms with Crippen LogP contribution in [0.2, 0.25) is 19.6 Å². The van der Waals surface area contributed by atoms with E-state index in [4.69, 9.17) is 0 Å². The van der Waals surface area contributed by atoms with Crippen LogP contribution in [0.5, 0.6) is 0 Å². The van der Waals surface area contributed by atoms with Gasteiger partial charge in [0, 0.05) is 17.4 Å². The maximum atomic E-state index is 4.69. The van der Waals surface area contributed by atoms with Gasteiger partial charge < -0.3 is 0 Å². The molecule has 1 nitrogen and oxygen atoms in total. The largest absolute Gasteiger partial charge is 0.288 e. The van der Waals surface area contributed by atoms with Crippen LogP contribution in [0.4, 0.5) is 0 Å². The highest BCUT2D eigenvalue weighted by molar-refractivity contribution is 8.29. The van der Waals surface area contributed by atoms with Crippen molar-refractivity contribution in [1.29, 1.82) is 0 Å². The predicted octanol–water partition coefficient (Wildman–Crippen LogP) is 3.97. The Hall–Kier alpha value is -0.543. The van der Waals surface area contributed by atoms with Gasteiger partial charge in [0.25, 0.3) is 0 Å². The molecule has 0 N–H and O–H groups in total. The van der Waals surface area contributed by atoms with E-state index >= 15 is 0 Å². The van der Waals surface area contributed by atoms with Gasteiger partial charge in [0.15, 0.2) is 0 Å². The molecular weight excluding hydrogens is 230 g/mol. The van der Waals surface area contributed by atoms with Crippen molar-refractivity contribution >= 4 is 24.1 Å². The lowest BCUT2D eigenvalue weighted by Crippen LogP contribution is -2.15. The zero-order valence-corrected chi connectivity index (χ0v) is 12.1. The zero-order chi connectivity index (χ0) is 11.6. The molecule has 16 heavy (non-hydrogen) atoms. The zero-order valence-electron chi connectivity index (χ0n) is 10.2. The minimum atomic E-state index is -0.972. The number of nitrogens with zero attached hydrogens (tertiary/aromatic N) is 1. The van der Waals surface area contributed by atoms with E-state index in [-0.39, 0.29) is 0 Å². The van der Waals surface area contributed by atoms with Gasteiger partial charge in [-0.1, -0.05) is 50.0 Å². The lowest BCUT2D eigenvalue weighted by Gasteiger charge is -2.13. The normalized spacial score (nSPS) is 22.4. The third-order valence-electron chi connectivity index (χ3n) is 2.41. The summed E-state index contributed by atoms with van der Waals surface area (Å²) in [4.78, 5) is 4.69. The number of aliphatic imine (C=N–C) groups is 1. The number of rotatable bonds is 4. The molecular formula is C13H19NSSi. The van der Waals surface area contributed by atoms with Gasteiger partial charge in [0.2, 0.25) is 0 Å². The van der Waals surface area contributed by atoms with E-state index in [1.165, 1.54) is 17.7 Å². The van der Waals surface area contributed by atoms with E-state index in [1.807, 2.05) is 0 Å². The summed E-state index contributed by atoms with van der Waals surface area (Å²) in [5, 5.41) is 0.746. The average Bonchev–Trinajstić information content (AvgIpc) is 2.92. The summed E-state index contributed by atoms with van der Waals surface area (Å²) in [6.45, 7) is 8.08. The van der Waals surface area contributed by atoms with E-state index in [0.29, 0.717) is 0 Å². The minimum absolute atomic E-state index is 0.746. The molecule has 1 unspecified atom stereocenters. The standard InChI is InChI=1S/C13H19NSSi/c1-16(2,3)15-13-9-12(13)14-10-11-7-5-4-6-8-11/h4-8,13H,9-10H2,1-3H3. The molecule has 1 atom stereocenters. The molecule has 0 aliphatic heterocycles. The molecule has 1 aliphatic carbocycles. The van der Waals surface area contributed by atoms with Gasteiger partial charge in [-0.2, -0.15) is 11.2 Å². The molecule has 0 spiro atoms. The fourth-order valence-electron chi connectivity index (χ4n) is 1.61. The van der Waals surface area contributed by atoms with E-state index in [2.05, 4.69) is 66.2 Å². The molecule has 3 heteroatoms. The summed E-state index contributed by atoms with van der Waals surface area (Å²) in [6.07, 6.45) is 1.22. The van der Waals surface area contributed by atoms with Gasteiger partial charge in [-0.3, -0.25) is 4.99 Å². The maximum Gasteiger partial charge on any atom is 0.109 e. The Morgan fingerprint density at radius 2 is 1.94 bits per heavy atom. The molecule has 0 saturated heterocycles. The minimum Gasteiger partial charge on any atom is -0.288 e. The maximum absolute atomic E-state index is 4.69. The molecule has 0 amide bonds. The van der Waals surface area contributed by atoms with Gasteiger partial charge in [0.1, 0.15) is 7.22 Å². The molecule has 2 rings (SSSR count). The van der Waals surface area contributed by atoms with E-state index in [0.717, 1.165) is 11.8 Å². The Kier molecular flexibility index (Phi) is 3.55. The van der Waals surface area contributed by atoms with Crippen LogP contribution in [0.1, 0.15) is 12.0 Å². The van der Waals surface area contributed by atoms with Crippen LogP contribution in [0.25, 0.3) is 0 Å². The average molecular weight is 249 g/mol. The molecule has 1 aliphatic rings. The molecule has 0 aromatic heterocycles. The van der Waals surface area contributed by atoms with Crippen molar-refractivity contribution < 1.29 is 0 Å². The van der Waals surface area contributed by atoms with E-state index in [1.54, 1.807) is 0 Å². The Morgan fingerprint density at radius 1 is 1.25 bits per heavy atom. The van der Waals surface area contributed by atoms with Gasteiger partial charge in [-0.15, -0.1) is 0 Å². The highest BCUT2D eigenvalue weighted by Crippen LogP contribution is 2.38. The molecule has 0 radical (unpaired) electrons. The first-order valence-electron chi connectivity index (χ1n) is 5.79. The Labute approximate surface area is 103 Å². The van der Waals surface area contributed by atoms with Gasteiger partial charge >= 0.3 is 0 Å². The Morgan fingerprint density at radius 3 is 2.56 bits per heavy atom. The van der Waals surface area contributed by atoms with Crippen LogP contribution in [-0.4, -0.2) is 18.2 Å². The second-order valence-corrected chi connectivity index (χ2v) is 14.6. The van der Waals surface area contributed by atoms with Gasteiger partial charge in [0.05, 0.1) is 6.54 Å². The van der Waals surface area contributed by atoms with Crippen LogP contribution >= 0.6 is 11.2 Å². The molecule has 0 heterocycles. The monoisotopic (exact) mass is 249 g/mol. The van der Waals surface area contributed by atoms with Crippen LogP contribution in [0.15, 0.2) is 35.3 Å². The third-order valence-corrected chi connectivity index (χ3v) is 6.81. The van der Waals surface area contributed by atoms with E-state index < -0.39 is 7.22 Å². The molecule has 1 aromatic carbocycles. The summed E-state index contributed by atoms with van der Waals surface area (Å²) in [5.41, 5.74) is 2.75. The van der Waals surface area contributed by atoms with Crippen LogP contribution in [-0.2, 0) is 6.54 Å². The summed E-state index contributed by atoms with van der Waals surface area (Å²) in [7, 11) is -0.972. The van der Waals surface area contributed by atoms with Crippen molar-refractivity contribution in [3.8, 4) is 0 Å². The third kappa shape index (κ3) is 3.80. The van der Waals surface area contributed by atoms with Crippen molar-refractivity contribution in [2.24, 2.45) is 4.99 Å². The Balaban J connectivity index is 1.84. The van der Waals surface area contributed by atoms with Crippen LogP contribution in [0.3, 0.4) is 0 Å². The second kappa shape index (κ2) is 4.76. The second-order valence-electron chi connectivity index (χ2n) is 5.22. The Bertz CT molecular complexity index is 381. The summed E-state index contributed by atoms with van der Waals surface area (Å²) in [5.74, 6) is 0. The topological polar surface area (TPSA) is 12.4 Å². The highest BCUT2D eigenvalue weighted by Gasteiger charge is 2.36. The van der Waals surface area contributed by atoms with E-state index in [9.17, 15) is 0 Å². The van der Waals surface area contributed by atoms with Crippen molar-refractivity contribution in [2.45, 2.75) is 37.9 Å². The number of hydrogen-bond donors (Lipinski definition) is 0. The molecule has 1 aromatic rings. The predicted molar refractivity (Wildman–Crippen MR) is 76.9 cm³/mol. The van der Waals surface area contributed by atoms with Crippen molar-refractivity contribution in [3.05, 3.63) is 35.9 Å². The molecule has 1 saturated carbocycles. The molecule has 0 bridgehead atoms. The van der Waals surface area contributed by atoms with Crippen molar-refractivity contribution in [1.82, 2.24) is 0 Å². The van der Waals surface area contributed by atoms with Crippen LogP contribution in [0, 0.1) is 0 Å². The number of benzene rings is 1. The fourth-order valence-corrected chi connectivity index (χ4v) is 6.15. The summed E-state index contributed by atoms with van der Waals surface area (Å²) >= 11 is 2.17. The first-order valence-corrected chi connectivity index (χ1v) is 10.9. The van der Waals surface area contributed by atoms with Gasteiger partial charge in [-0.25, -0.2) is 0 Å². The quantitative estimate of drug-likeness (QED) is 0.736. The number of hydrogen-bond acceptors (Lipinski definition) is 2.